The van der Waals surface area contributed by atoms with Gasteiger partial charge in [-0.2, -0.15) is 5.10 Å². The zero-order chi connectivity index (χ0) is 14.8. The van der Waals surface area contributed by atoms with Crippen LogP contribution in [0.5, 0.6) is 0 Å². The number of amides is 1. The van der Waals surface area contributed by atoms with Crippen molar-refractivity contribution in [1.82, 2.24) is 9.78 Å². The second kappa shape index (κ2) is 5.46. The van der Waals surface area contributed by atoms with Crippen LogP contribution in [0, 0.1) is 5.41 Å². The Morgan fingerprint density at radius 1 is 1.35 bits per heavy atom. The third-order valence-electron chi connectivity index (χ3n) is 3.10. The van der Waals surface area contributed by atoms with Gasteiger partial charge < -0.3 is 11.1 Å². The lowest BCUT2D eigenvalue weighted by molar-refractivity contribution is -0.119. The monoisotopic (exact) mass is 272 g/mol. The van der Waals surface area contributed by atoms with Crippen LogP contribution in [0.2, 0.25) is 0 Å². The van der Waals surface area contributed by atoms with Crippen LogP contribution in [0.3, 0.4) is 0 Å². The number of rotatable bonds is 3. The van der Waals surface area contributed by atoms with Gasteiger partial charge in [0.15, 0.2) is 0 Å². The molecule has 0 aliphatic rings. The average Bonchev–Trinajstić information content (AvgIpc) is 2.91. The van der Waals surface area contributed by atoms with Crippen LogP contribution in [0.4, 0.5) is 5.69 Å². The number of carbonyl (C=O) groups is 1. The van der Waals surface area contributed by atoms with Crippen molar-refractivity contribution in [2.24, 2.45) is 11.1 Å². The van der Waals surface area contributed by atoms with E-state index in [2.05, 4.69) is 10.4 Å². The summed E-state index contributed by atoms with van der Waals surface area (Å²) in [4.78, 5) is 12.1. The maximum Gasteiger partial charge on any atom is 0.241 e. The lowest BCUT2D eigenvalue weighted by Crippen LogP contribution is -2.45. The molecule has 3 N–H and O–H groups in total. The number of hydrogen-bond donors (Lipinski definition) is 2. The maximum atomic E-state index is 12.1. The van der Waals surface area contributed by atoms with Gasteiger partial charge in [0, 0.05) is 18.1 Å². The summed E-state index contributed by atoms with van der Waals surface area (Å²) in [5.74, 6) is -0.185. The van der Waals surface area contributed by atoms with Gasteiger partial charge >= 0.3 is 0 Å². The molecule has 1 aromatic carbocycles. The summed E-state index contributed by atoms with van der Waals surface area (Å²) >= 11 is 0. The molecule has 2 rings (SSSR count). The number of hydrogen-bond acceptors (Lipinski definition) is 3. The smallest absolute Gasteiger partial charge is 0.241 e. The van der Waals surface area contributed by atoms with E-state index in [4.69, 9.17) is 5.73 Å². The van der Waals surface area contributed by atoms with Crippen molar-refractivity contribution in [3.05, 3.63) is 42.7 Å². The van der Waals surface area contributed by atoms with Gasteiger partial charge in [-0.3, -0.25) is 4.79 Å². The number of nitrogens with two attached hydrogens (primary N) is 1. The molecule has 106 valence electrons. The number of benzene rings is 1. The molecule has 0 unspecified atom stereocenters. The van der Waals surface area contributed by atoms with Gasteiger partial charge in [-0.25, -0.2) is 4.68 Å². The summed E-state index contributed by atoms with van der Waals surface area (Å²) in [6, 6.07) is 8.78. The largest absolute Gasteiger partial charge is 0.325 e. The molecule has 1 atom stereocenters. The predicted octanol–water partition coefficient (Wildman–Crippen LogP) is 2.18. The summed E-state index contributed by atoms with van der Waals surface area (Å²) in [5, 5.41) is 7.01. The molecule has 1 amide bonds. The predicted molar refractivity (Wildman–Crippen MR) is 79.6 cm³/mol. The first kappa shape index (κ1) is 14.3. The molecule has 1 heterocycles. The van der Waals surface area contributed by atoms with Crippen LogP contribution in [0.15, 0.2) is 42.7 Å². The minimum absolute atomic E-state index is 0.185. The highest BCUT2D eigenvalue weighted by atomic mass is 16.2. The molecule has 0 saturated carbocycles. The highest BCUT2D eigenvalue weighted by Crippen LogP contribution is 2.20. The first-order chi connectivity index (χ1) is 9.38. The molecule has 0 fully saturated rings. The van der Waals surface area contributed by atoms with Crippen LogP contribution >= 0.6 is 0 Å². The SMILES string of the molecule is CC(C)(C)[C@@H](N)C(=O)Nc1cccc(-n2cccn2)c1. The summed E-state index contributed by atoms with van der Waals surface area (Å²) in [6.45, 7) is 5.83. The minimum Gasteiger partial charge on any atom is -0.325 e. The lowest BCUT2D eigenvalue weighted by atomic mass is 9.87. The van der Waals surface area contributed by atoms with Gasteiger partial charge in [-0.1, -0.05) is 26.8 Å². The fourth-order valence-corrected chi connectivity index (χ4v) is 1.76. The third-order valence-corrected chi connectivity index (χ3v) is 3.10. The zero-order valence-electron chi connectivity index (χ0n) is 12.0. The van der Waals surface area contributed by atoms with E-state index in [1.54, 1.807) is 10.9 Å². The highest BCUT2D eigenvalue weighted by molar-refractivity contribution is 5.95. The number of nitrogens with zero attached hydrogens (tertiary/aromatic N) is 2. The first-order valence-electron chi connectivity index (χ1n) is 6.54. The van der Waals surface area contributed by atoms with Crippen LogP contribution in [0.25, 0.3) is 5.69 Å². The summed E-state index contributed by atoms with van der Waals surface area (Å²) in [7, 11) is 0. The highest BCUT2D eigenvalue weighted by Gasteiger charge is 2.27. The van der Waals surface area contributed by atoms with Crippen molar-refractivity contribution in [3.8, 4) is 5.69 Å². The molecule has 1 aromatic heterocycles. The Balaban J connectivity index is 2.15. The van der Waals surface area contributed by atoms with Crippen LogP contribution < -0.4 is 11.1 Å². The second-order valence-electron chi connectivity index (χ2n) is 5.83. The fourth-order valence-electron chi connectivity index (χ4n) is 1.76. The maximum absolute atomic E-state index is 12.1. The zero-order valence-corrected chi connectivity index (χ0v) is 12.0. The molecule has 0 spiro atoms. The average molecular weight is 272 g/mol. The molecule has 0 bridgehead atoms. The first-order valence-corrected chi connectivity index (χ1v) is 6.54. The van der Waals surface area contributed by atoms with Gasteiger partial charge in [0.05, 0.1) is 11.7 Å². The summed E-state index contributed by atoms with van der Waals surface area (Å²) in [5.41, 5.74) is 7.27. The van der Waals surface area contributed by atoms with E-state index in [0.717, 1.165) is 5.69 Å². The van der Waals surface area contributed by atoms with Gasteiger partial charge in [0.1, 0.15) is 0 Å². The van der Waals surface area contributed by atoms with Gasteiger partial charge in [-0.15, -0.1) is 0 Å². The number of nitrogens with one attached hydrogen (secondary N) is 1. The van der Waals surface area contributed by atoms with Crippen molar-refractivity contribution in [1.29, 1.82) is 0 Å². The summed E-state index contributed by atoms with van der Waals surface area (Å²) < 4.78 is 1.74. The molecule has 5 heteroatoms. The molecule has 5 nitrogen and oxygen atoms in total. The normalized spacial score (nSPS) is 13.0. The molecule has 0 radical (unpaired) electrons. The van der Waals surface area contributed by atoms with E-state index in [9.17, 15) is 4.79 Å². The molecule has 0 aliphatic heterocycles. The standard InChI is InChI=1S/C15H20N4O/c1-15(2,3)13(16)14(20)18-11-6-4-7-12(10-11)19-9-5-8-17-19/h4-10,13H,16H2,1-3H3,(H,18,20)/t13-/m0/s1. The molecule has 2 aromatic rings. The number of aromatic nitrogens is 2. The molecular formula is C15H20N4O. The Morgan fingerprint density at radius 3 is 2.70 bits per heavy atom. The van der Waals surface area contributed by atoms with Crippen molar-refractivity contribution >= 4 is 11.6 Å². The number of carbonyl (C=O) groups excluding carboxylic acids is 1. The Morgan fingerprint density at radius 2 is 2.10 bits per heavy atom. The van der Waals surface area contributed by atoms with E-state index in [1.807, 2.05) is 57.3 Å². The van der Waals surface area contributed by atoms with Crippen molar-refractivity contribution < 1.29 is 4.79 Å². The van der Waals surface area contributed by atoms with Gasteiger partial charge in [0.2, 0.25) is 5.91 Å². The second-order valence-corrected chi connectivity index (χ2v) is 5.83. The topological polar surface area (TPSA) is 72.9 Å². The Hall–Kier alpha value is -2.14. The van der Waals surface area contributed by atoms with E-state index in [0.29, 0.717) is 5.69 Å². The number of anilines is 1. The van der Waals surface area contributed by atoms with Crippen LogP contribution in [-0.2, 0) is 4.79 Å². The Bertz CT molecular complexity index is 584. The van der Waals surface area contributed by atoms with Crippen LogP contribution in [-0.4, -0.2) is 21.7 Å². The van der Waals surface area contributed by atoms with Crippen molar-refractivity contribution in [3.63, 3.8) is 0 Å². The fraction of sp³-hybridized carbons (Fsp3) is 0.333. The summed E-state index contributed by atoms with van der Waals surface area (Å²) in [6.07, 6.45) is 3.56. The van der Waals surface area contributed by atoms with Crippen molar-refractivity contribution in [2.45, 2.75) is 26.8 Å². The van der Waals surface area contributed by atoms with E-state index in [-0.39, 0.29) is 11.3 Å². The van der Waals surface area contributed by atoms with Crippen molar-refractivity contribution in [2.75, 3.05) is 5.32 Å². The molecule has 0 saturated heterocycles. The third kappa shape index (κ3) is 3.24. The van der Waals surface area contributed by atoms with E-state index in [1.165, 1.54) is 0 Å². The Kier molecular flexibility index (Phi) is 3.90. The van der Waals surface area contributed by atoms with Crippen LogP contribution in [0.1, 0.15) is 20.8 Å². The molecule has 0 aliphatic carbocycles. The van der Waals surface area contributed by atoms with Gasteiger partial charge in [-0.05, 0) is 29.7 Å². The molecule has 20 heavy (non-hydrogen) atoms. The quantitative estimate of drug-likeness (QED) is 0.899. The molecular weight excluding hydrogens is 252 g/mol. The minimum atomic E-state index is -0.559. The lowest BCUT2D eigenvalue weighted by Gasteiger charge is -2.25. The van der Waals surface area contributed by atoms with Gasteiger partial charge in [0.25, 0.3) is 0 Å². The Labute approximate surface area is 118 Å². The van der Waals surface area contributed by atoms with E-state index < -0.39 is 6.04 Å². The van der Waals surface area contributed by atoms with E-state index >= 15 is 0 Å².